The van der Waals surface area contributed by atoms with Crippen LogP contribution in [0.4, 0.5) is 38.1 Å². The van der Waals surface area contributed by atoms with Crippen molar-refractivity contribution in [2.75, 3.05) is 42.5 Å². The number of aromatic amines is 1. The molecule has 3 aromatic rings. The second-order valence-electron chi connectivity index (χ2n) is 10.00. The van der Waals surface area contributed by atoms with E-state index in [1.54, 1.807) is 14.7 Å². The Hall–Kier alpha value is -4.51. The Morgan fingerprint density at radius 2 is 1.65 bits per heavy atom. The number of hydrogen-bond donors (Lipinski definition) is 1. The van der Waals surface area contributed by atoms with Gasteiger partial charge in [0.25, 0.3) is 5.56 Å². The van der Waals surface area contributed by atoms with Crippen LogP contribution in [0.1, 0.15) is 30.4 Å². The predicted octanol–water partition coefficient (Wildman–Crippen LogP) is 2.54. The first kappa shape index (κ1) is 30.0. The largest absolute Gasteiger partial charge is 0.485 e. The minimum atomic E-state index is -4.89. The fourth-order valence-electron chi connectivity index (χ4n) is 5.04. The number of alkyl halides is 6. The van der Waals surface area contributed by atoms with E-state index in [0.29, 0.717) is 43.7 Å². The molecule has 2 fully saturated rings. The van der Waals surface area contributed by atoms with Gasteiger partial charge in [0.15, 0.2) is 5.75 Å². The van der Waals surface area contributed by atoms with Crippen molar-refractivity contribution < 1.29 is 35.9 Å². The number of rotatable bonds is 7. The van der Waals surface area contributed by atoms with E-state index in [-0.39, 0.29) is 50.1 Å². The van der Waals surface area contributed by atoms with Gasteiger partial charge in [0.2, 0.25) is 11.9 Å². The highest BCUT2D eigenvalue weighted by Crippen LogP contribution is 2.33. The quantitative estimate of drug-likeness (QED) is 0.397. The number of halogens is 6. The van der Waals surface area contributed by atoms with Crippen molar-refractivity contribution in [2.45, 2.75) is 43.8 Å². The molecular formula is C25H25F6N9O3. The van der Waals surface area contributed by atoms with Crippen molar-refractivity contribution in [1.29, 1.82) is 0 Å². The fourth-order valence-corrected chi connectivity index (χ4v) is 5.04. The zero-order chi connectivity index (χ0) is 30.8. The number of amides is 1. The van der Waals surface area contributed by atoms with Crippen molar-refractivity contribution in [3.05, 3.63) is 58.7 Å². The molecule has 5 rings (SSSR count). The molecule has 3 aromatic heterocycles. The summed E-state index contributed by atoms with van der Waals surface area (Å²) in [5.74, 6) is 0.191. The molecule has 18 heteroatoms. The summed E-state index contributed by atoms with van der Waals surface area (Å²) < 4.78 is 84.6. The van der Waals surface area contributed by atoms with Crippen molar-refractivity contribution >= 4 is 17.7 Å². The topological polar surface area (TPSA) is 133 Å². The third-order valence-electron chi connectivity index (χ3n) is 7.18. The van der Waals surface area contributed by atoms with Gasteiger partial charge in [-0.1, -0.05) is 0 Å². The highest BCUT2D eigenvalue weighted by atomic mass is 19.4. The fraction of sp³-hybridized carbons (Fsp3) is 0.480. The summed E-state index contributed by atoms with van der Waals surface area (Å²) in [6.45, 7) is 1.32. The summed E-state index contributed by atoms with van der Waals surface area (Å²) in [5.41, 5.74) is -3.71. The van der Waals surface area contributed by atoms with Crippen molar-refractivity contribution in [1.82, 2.24) is 35.0 Å². The first-order valence-corrected chi connectivity index (χ1v) is 13.2. The maximum atomic E-state index is 13.4. The Morgan fingerprint density at radius 1 is 0.977 bits per heavy atom. The van der Waals surface area contributed by atoms with Gasteiger partial charge in [0.05, 0.1) is 24.5 Å². The molecular weight excluding hydrogens is 588 g/mol. The predicted molar refractivity (Wildman–Crippen MR) is 137 cm³/mol. The second-order valence-corrected chi connectivity index (χ2v) is 10.00. The maximum Gasteiger partial charge on any atom is 0.421 e. The van der Waals surface area contributed by atoms with Crippen LogP contribution in [0.2, 0.25) is 0 Å². The summed E-state index contributed by atoms with van der Waals surface area (Å²) >= 11 is 0. The molecule has 5 heterocycles. The van der Waals surface area contributed by atoms with Crippen molar-refractivity contribution in [2.24, 2.45) is 0 Å². The van der Waals surface area contributed by atoms with Crippen LogP contribution in [0, 0.1) is 0 Å². The number of nitrogens with one attached hydrogen (secondary N) is 1. The van der Waals surface area contributed by atoms with Gasteiger partial charge in [-0.2, -0.15) is 31.4 Å². The molecule has 0 aliphatic carbocycles. The van der Waals surface area contributed by atoms with E-state index >= 15 is 0 Å². The molecule has 12 nitrogen and oxygen atoms in total. The summed E-state index contributed by atoms with van der Waals surface area (Å²) in [4.78, 5) is 45.1. The van der Waals surface area contributed by atoms with Crippen molar-refractivity contribution in [3.63, 3.8) is 0 Å². The molecule has 0 saturated carbocycles. The lowest BCUT2D eigenvalue weighted by atomic mass is 10.1. The summed E-state index contributed by atoms with van der Waals surface area (Å²) in [6.07, 6.45) is -3.60. The van der Waals surface area contributed by atoms with E-state index in [4.69, 9.17) is 4.74 Å². The zero-order valence-electron chi connectivity index (χ0n) is 22.3. The van der Waals surface area contributed by atoms with Crippen LogP contribution < -0.4 is 20.1 Å². The zero-order valence-corrected chi connectivity index (χ0v) is 22.3. The molecule has 2 aliphatic rings. The Balaban J connectivity index is 1.23. The standard InChI is InChI=1S/C25H25F6N9O3/c26-24(27,28)15-9-34-23(35-10-15)39-5-3-38(4-6-39)21(41)2-1-16-7-17(43-18-11-32-14-33-12-18)13-40(16)20-8-19(25(29,30)31)22(42)37-36-20/h8-12,14,16-17H,1-7,13H2,(H,37,42)/t16-,17-/m1/s1. The molecule has 0 aromatic carbocycles. The number of piperazine rings is 1. The SMILES string of the molecule is O=C(CC[C@@H]1C[C@@H](Oc2cncnc2)CN1c1cc(C(F)(F)F)c(=O)[nH]n1)N1CCN(c2ncc(C(F)(F)F)cn2)CC1. The number of ether oxygens (including phenoxy) is 1. The van der Waals surface area contributed by atoms with Crippen LogP contribution in [-0.2, 0) is 17.1 Å². The number of carbonyl (C=O) groups is 1. The highest BCUT2D eigenvalue weighted by Gasteiger charge is 2.39. The highest BCUT2D eigenvalue weighted by molar-refractivity contribution is 5.76. The van der Waals surface area contributed by atoms with Crippen LogP contribution in [0.5, 0.6) is 5.75 Å². The number of anilines is 2. The second kappa shape index (κ2) is 12.0. The lowest BCUT2D eigenvalue weighted by molar-refractivity contribution is -0.139. The van der Waals surface area contributed by atoms with Crippen LogP contribution in [-0.4, -0.2) is 85.8 Å². The molecule has 1 N–H and O–H groups in total. The van der Waals surface area contributed by atoms with Gasteiger partial charge in [0, 0.05) is 63.5 Å². The molecule has 43 heavy (non-hydrogen) atoms. The Kier molecular flexibility index (Phi) is 8.36. The maximum absolute atomic E-state index is 13.4. The molecule has 0 radical (unpaired) electrons. The molecule has 2 saturated heterocycles. The lowest BCUT2D eigenvalue weighted by Crippen LogP contribution is -2.49. The molecule has 1 amide bonds. The van der Waals surface area contributed by atoms with E-state index in [9.17, 15) is 35.9 Å². The number of hydrogen-bond acceptors (Lipinski definition) is 10. The lowest BCUT2D eigenvalue weighted by Gasteiger charge is -2.35. The van der Waals surface area contributed by atoms with E-state index in [1.165, 1.54) is 18.7 Å². The smallest absolute Gasteiger partial charge is 0.421 e. The molecule has 230 valence electrons. The number of H-pyrrole nitrogens is 1. The van der Waals surface area contributed by atoms with Gasteiger partial charge in [-0.25, -0.2) is 25.0 Å². The van der Waals surface area contributed by atoms with E-state index in [0.717, 1.165) is 0 Å². The summed E-state index contributed by atoms with van der Waals surface area (Å²) in [5, 5.41) is 5.74. The average Bonchev–Trinajstić information content (AvgIpc) is 3.38. The molecule has 2 aliphatic heterocycles. The molecule has 0 spiro atoms. The van der Waals surface area contributed by atoms with Crippen LogP contribution in [0.3, 0.4) is 0 Å². The first-order chi connectivity index (χ1) is 20.4. The third-order valence-corrected chi connectivity index (χ3v) is 7.18. The first-order valence-electron chi connectivity index (χ1n) is 13.2. The number of nitrogens with zero attached hydrogens (tertiary/aromatic N) is 8. The van der Waals surface area contributed by atoms with Crippen LogP contribution in [0.25, 0.3) is 0 Å². The van der Waals surface area contributed by atoms with Gasteiger partial charge in [-0.3, -0.25) is 9.59 Å². The van der Waals surface area contributed by atoms with Crippen LogP contribution >= 0.6 is 0 Å². The molecule has 0 bridgehead atoms. The minimum absolute atomic E-state index is 0.0641. The summed E-state index contributed by atoms with van der Waals surface area (Å²) in [6, 6.07) is 0.240. The number of aromatic nitrogens is 6. The van der Waals surface area contributed by atoms with E-state index < -0.39 is 41.2 Å². The van der Waals surface area contributed by atoms with Gasteiger partial charge in [-0.05, 0) is 6.42 Å². The Bertz CT molecular complexity index is 1460. The van der Waals surface area contributed by atoms with Gasteiger partial charge in [0.1, 0.15) is 23.8 Å². The monoisotopic (exact) mass is 613 g/mol. The van der Waals surface area contributed by atoms with Crippen molar-refractivity contribution in [3.8, 4) is 5.75 Å². The van der Waals surface area contributed by atoms with Crippen LogP contribution in [0.15, 0.2) is 42.0 Å². The number of carbonyl (C=O) groups excluding carboxylic acids is 1. The van der Waals surface area contributed by atoms with Gasteiger partial charge in [-0.15, -0.1) is 0 Å². The van der Waals surface area contributed by atoms with E-state index in [1.807, 2.05) is 5.10 Å². The minimum Gasteiger partial charge on any atom is -0.485 e. The normalized spacial score (nSPS) is 19.5. The molecule has 2 atom stereocenters. The Labute approximate surface area is 239 Å². The molecule has 0 unspecified atom stereocenters. The van der Waals surface area contributed by atoms with Gasteiger partial charge < -0.3 is 19.4 Å². The van der Waals surface area contributed by atoms with Gasteiger partial charge >= 0.3 is 12.4 Å². The summed E-state index contributed by atoms with van der Waals surface area (Å²) in [7, 11) is 0. The Morgan fingerprint density at radius 3 is 2.28 bits per heavy atom. The average molecular weight is 614 g/mol. The third kappa shape index (κ3) is 7.11. The van der Waals surface area contributed by atoms with E-state index in [2.05, 4.69) is 25.0 Å².